The lowest BCUT2D eigenvalue weighted by atomic mass is 10.4. The minimum absolute atomic E-state index is 0.123. The Labute approximate surface area is 113 Å². The highest BCUT2D eigenvalue weighted by atomic mass is 16.4. The third kappa shape index (κ3) is 3.40. The second kappa shape index (κ2) is 5.95. The summed E-state index contributed by atoms with van der Waals surface area (Å²) in [4.78, 5) is 26.2. The molecule has 0 unspecified atom stereocenters. The number of oxazole rings is 1. The van der Waals surface area contributed by atoms with Gasteiger partial charge in [0.05, 0.1) is 18.9 Å². The van der Waals surface area contributed by atoms with E-state index in [9.17, 15) is 9.59 Å². The van der Waals surface area contributed by atoms with Gasteiger partial charge in [-0.2, -0.15) is 0 Å². The molecule has 9 heteroatoms. The zero-order valence-corrected chi connectivity index (χ0v) is 10.7. The monoisotopic (exact) mass is 279 g/mol. The van der Waals surface area contributed by atoms with Crippen molar-refractivity contribution in [3.63, 3.8) is 0 Å². The van der Waals surface area contributed by atoms with Crippen LogP contribution in [0.1, 0.15) is 29.1 Å². The van der Waals surface area contributed by atoms with E-state index >= 15 is 0 Å². The molecular formula is C11H13N5O4. The molecule has 0 saturated carbocycles. The SMILES string of the molecule is CCc1cnc(CNC(=O)Cn2cc(C(=O)O)nn2)o1. The zero-order chi connectivity index (χ0) is 14.5. The Kier molecular flexibility index (Phi) is 4.08. The fraction of sp³-hybridized carbons (Fsp3) is 0.364. The van der Waals surface area contributed by atoms with E-state index in [0.717, 1.165) is 16.9 Å². The zero-order valence-electron chi connectivity index (χ0n) is 10.7. The van der Waals surface area contributed by atoms with Crippen molar-refractivity contribution in [2.75, 3.05) is 0 Å². The van der Waals surface area contributed by atoms with Gasteiger partial charge in [0.15, 0.2) is 5.69 Å². The number of aryl methyl sites for hydroxylation is 1. The van der Waals surface area contributed by atoms with Crippen LogP contribution in [0.5, 0.6) is 0 Å². The van der Waals surface area contributed by atoms with Crippen molar-refractivity contribution >= 4 is 11.9 Å². The van der Waals surface area contributed by atoms with Crippen LogP contribution in [-0.2, 0) is 24.3 Å². The molecule has 0 aliphatic carbocycles. The van der Waals surface area contributed by atoms with Gasteiger partial charge in [0.1, 0.15) is 12.3 Å². The van der Waals surface area contributed by atoms with Gasteiger partial charge in [0.25, 0.3) is 0 Å². The number of rotatable bonds is 6. The fourth-order valence-corrected chi connectivity index (χ4v) is 1.44. The molecule has 106 valence electrons. The van der Waals surface area contributed by atoms with Crippen LogP contribution in [-0.4, -0.2) is 37.0 Å². The number of nitrogens with zero attached hydrogens (tertiary/aromatic N) is 4. The Morgan fingerprint density at radius 2 is 2.30 bits per heavy atom. The number of carbonyl (C=O) groups excluding carboxylic acids is 1. The molecule has 0 saturated heterocycles. The molecule has 2 aromatic rings. The topological polar surface area (TPSA) is 123 Å². The first-order valence-corrected chi connectivity index (χ1v) is 5.92. The van der Waals surface area contributed by atoms with Crippen LogP contribution in [0.3, 0.4) is 0 Å². The summed E-state index contributed by atoms with van der Waals surface area (Å²) in [5, 5.41) is 18.2. The first-order valence-electron chi connectivity index (χ1n) is 5.92. The number of carboxylic acids is 1. The van der Waals surface area contributed by atoms with Crippen molar-refractivity contribution < 1.29 is 19.1 Å². The standard InChI is InChI=1S/C11H13N5O4/c1-2-7-3-13-10(20-7)4-12-9(17)6-16-5-8(11(18)19)14-15-16/h3,5H,2,4,6H2,1H3,(H,12,17)(H,18,19). The number of amides is 1. The molecule has 0 radical (unpaired) electrons. The molecule has 0 aliphatic heterocycles. The van der Waals surface area contributed by atoms with Gasteiger partial charge in [-0.05, 0) is 0 Å². The van der Waals surface area contributed by atoms with Crippen LogP contribution in [0.25, 0.3) is 0 Å². The second-order valence-electron chi connectivity index (χ2n) is 3.96. The van der Waals surface area contributed by atoms with Crippen molar-refractivity contribution in [1.82, 2.24) is 25.3 Å². The maximum atomic E-state index is 11.6. The summed E-state index contributed by atoms with van der Waals surface area (Å²) >= 11 is 0. The molecule has 2 aromatic heterocycles. The first-order chi connectivity index (χ1) is 9.58. The summed E-state index contributed by atoms with van der Waals surface area (Å²) in [5.41, 5.74) is -0.210. The molecule has 0 aromatic carbocycles. The van der Waals surface area contributed by atoms with E-state index in [-0.39, 0.29) is 24.7 Å². The van der Waals surface area contributed by atoms with Crippen molar-refractivity contribution in [2.24, 2.45) is 0 Å². The Morgan fingerprint density at radius 3 is 2.90 bits per heavy atom. The Morgan fingerprint density at radius 1 is 1.50 bits per heavy atom. The number of aromatic carboxylic acids is 1. The van der Waals surface area contributed by atoms with Crippen molar-refractivity contribution in [2.45, 2.75) is 26.4 Å². The highest BCUT2D eigenvalue weighted by Crippen LogP contribution is 2.03. The van der Waals surface area contributed by atoms with Gasteiger partial charge in [-0.3, -0.25) is 4.79 Å². The van der Waals surface area contributed by atoms with Crippen molar-refractivity contribution in [3.05, 3.63) is 29.7 Å². The van der Waals surface area contributed by atoms with Crippen LogP contribution in [0, 0.1) is 0 Å². The van der Waals surface area contributed by atoms with Gasteiger partial charge in [0, 0.05) is 6.42 Å². The molecule has 2 rings (SSSR count). The fourth-order valence-electron chi connectivity index (χ4n) is 1.44. The third-order valence-electron chi connectivity index (χ3n) is 2.45. The molecule has 0 bridgehead atoms. The first kappa shape index (κ1) is 13.7. The van der Waals surface area contributed by atoms with Crippen LogP contribution in [0.2, 0.25) is 0 Å². The highest BCUT2D eigenvalue weighted by Gasteiger charge is 2.11. The van der Waals surface area contributed by atoms with Gasteiger partial charge in [-0.15, -0.1) is 5.10 Å². The van der Waals surface area contributed by atoms with Gasteiger partial charge in [0.2, 0.25) is 11.8 Å². The van der Waals surface area contributed by atoms with E-state index in [0.29, 0.717) is 5.89 Å². The van der Waals surface area contributed by atoms with Crippen LogP contribution >= 0.6 is 0 Å². The smallest absolute Gasteiger partial charge is 0.358 e. The number of aromatic nitrogens is 4. The number of nitrogens with one attached hydrogen (secondary N) is 1. The Hall–Kier alpha value is -2.71. The highest BCUT2D eigenvalue weighted by molar-refractivity contribution is 5.84. The summed E-state index contributed by atoms with van der Waals surface area (Å²) in [5.74, 6) is -0.372. The minimum Gasteiger partial charge on any atom is -0.476 e. The number of hydrogen-bond acceptors (Lipinski definition) is 6. The summed E-state index contributed by atoms with van der Waals surface area (Å²) in [6.07, 6.45) is 3.53. The molecule has 9 nitrogen and oxygen atoms in total. The van der Waals surface area contributed by atoms with E-state index < -0.39 is 5.97 Å². The van der Waals surface area contributed by atoms with E-state index in [1.54, 1.807) is 6.20 Å². The summed E-state index contributed by atoms with van der Waals surface area (Å²) in [6, 6.07) is 0. The van der Waals surface area contributed by atoms with Crippen molar-refractivity contribution in [1.29, 1.82) is 0 Å². The molecule has 2 heterocycles. The number of carbonyl (C=O) groups is 2. The molecule has 0 spiro atoms. The summed E-state index contributed by atoms with van der Waals surface area (Å²) in [6.45, 7) is 1.98. The average molecular weight is 279 g/mol. The lowest BCUT2D eigenvalue weighted by molar-refractivity contribution is -0.122. The van der Waals surface area contributed by atoms with E-state index in [1.165, 1.54) is 6.20 Å². The number of hydrogen-bond donors (Lipinski definition) is 2. The van der Waals surface area contributed by atoms with Gasteiger partial charge < -0.3 is 14.8 Å². The normalized spacial score (nSPS) is 10.4. The maximum absolute atomic E-state index is 11.6. The molecule has 20 heavy (non-hydrogen) atoms. The average Bonchev–Trinajstić information content (AvgIpc) is 3.04. The predicted molar refractivity (Wildman–Crippen MR) is 64.7 cm³/mol. The predicted octanol–water partition coefficient (Wildman–Crippen LogP) is -0.157. The molecular weight excluding hydrogens is 266 g/mol. The van der Waals surface area contributed by atoms with Gasteiger partial charge in [-0.1, -0.05) is 12.1 Å². The Balaban J connectivity index is 1.84. The summed E-state index contributed by atoms with van der Waals surface area (Å²) < 4.78 is 6.48. The molecule has 0 aliphatic rings. The summed E-state index contributed by atoms with van der Waals surface area (Å²) in [7, 11) is 0. The van der Waals surface area contributed by atoms with Gasteiger partial charge in [-0.25, -0.2) is 14.5 Å². The maximum Gasteiger partial charge on any atom is 0.358 e. The second-order valence-corrected chi connectivity index (χ2v) is 3.96. The number of carboxylic acid groups (broad SMARTS) is 1. The van der Waals surface area contributed by atoms with E-state index in [4.69, 9.17) is 9.52 Å². The van der Waals surface area contributed by atoms with Gasteiger partial charge >= 0.3 is 5.97 Å². The van der Waals surface area contributed by atoms with E-state index in [1.807, 2.05) is 6.92 Å². The van der Waals surface area contributed by atoms with Crippen molar-refractivity contribution in [3.8, 4) is 0 Å². The Bertz CT molecular complexity index is 618. The van der Waals surface area contributed by atoms with Crippen LogP contribution in [0.4, 0.5) is 0 Å². The minimum atomic E-state index is -1.19. The van der Waals surface area contributed by atoms with Crippen LogP contribution < -0.4 is 5.32 Å². The largest absolute Gasteiger partial charge is 0.476 e. The quantitative estimate of drug-likeness (QED) is 0.753. The van der Waals surface area contributed by atoms with E-state index in [2.05, 4.69) is 20.6 Å². The molecule has 2 N–H and O–H groups in total. The third-order valence-corrected chi connectivity index (χ3v) is 2.45. The lowest BCUT2D eigenvalue weighted by Crippen LogP contribution is -2.27. The molecule has 0 atom stereocenters. The lowest BCUT2D eigenvalue weighted by Gasteiger charge is -2.01. The van der Waals surface area contributed by atoms with Crippen LogP contribution in [0.15, 0.2) is 16.8 Å². The molecule has 1 amide bonds. The molecule has 0 fully saturated rings.